The van der Waals surface area contributed by atoms with Crippen molar-refractivity contribution in [3.8, 4) is 17.2 Å². The van der Waals surface area contributed by atoms with Crippen LogP contribution in [0.2, 0.25) is 0 Å². The van der Waals surface area contributed by atoms with Crippen LogP contribution in [0.5, 0.6) is 11.5 Å². The molecule has 0 bridgehead atoms. The van der Waals surface area contributed by atoms with Crippen molar-refractivity contribution in [1.82, 2.24) is 4.57 Å². The van der Waals surface area contributed by atoms with E-state index in [-0.39, 0.29) is 0 Å². The van der Waals surface area contributed by atoms with Gasteiger partial charge in [-0.05, 0) is 53.6 Å². The molecule has 61 heavy (non-hydrogen) atoms. The molecule has 1 heterocycles. The maximum Gasteiger partial charge on any atom is 0.179 e. The lowest BCUT2D eigenvalue weighted by atomic mass is 10.1. The van der Waals surface area contributed by atoms with E-state index in [9.17, 15) is 0 Å². The lowest BCUT2D eigenvalue weighted by Gasteiger charge is -2.34. The maximum absolute atomic E-state index is 5.86. The first-order chi connectivity index (χ1) is 30.2. The van der Waals surface area contributed by atoms with Gasteiger partial charge in [0.05, 0.1) is 30.9 Å². The molecule has 0 saturated heterocycles. The molecule has 10 rings (SSSR count). The molecule has 0 fully saturated rings. The molecule has 5 heteroatoms. The van der Waals surface area contributed by atoms with Crippen LogP contribution in [0, 0.1) is 0 Å². The van der Waals surface area contributed by atoms with E-state index in [4.69, 9.17) is 9.47 Å². The van der Waals surface area contributed by atoms with Crippen LogP contribution in [0.4, 0.5) is 0 Å². The molecule has 1 aromatic heterocycles. The minimum Gasteiger partial charge on any atom is -0.497 e. The fourth-order valence-corrected chi connectivity index (χ4v) is 19.4. The largest absolute Gasteiger partial charge is 0.497 e. The summed E-state index contributed by atoms with van der Waals surface area (Å²) in [7, 11) is -2.28. The van der Waals surface area contributed by atoms with E-state index in [0.29, 0.717) is 0 Å². The average molecular weight is 820 g/mol. The van der Waals surface area contributed by atoms with E-state index in [0.717, 1.165) is 28.2 Å². The second-order valence-corrected chi connectivity index (χ2v) is 23.2. The van der Waals surface area contributed by atoms with Gasteiger partial charge in [-0.15, -0.1) is 0 Å². The third-order valence-electron chi connectivity index (χ3n) is 12.5. The first kappa shape index (κ1) is 38.0. The van der Waals surface area contributed by atoms with Gasteiger partial charge in [0.25, 0.3) is 0 Å². The maximum atomic E-state index is 5.86. The Bertz CT molecular complexity index is 2680. The lowest BCUT2D eigenvalue weighted by molar-refractivity contribution is 0.394. The Hall–Kier alpha value is -7.19. The fourth-order valence-electron chi connectivity index (χ4n) is 9.82. The van der Waals surface area contributed by atoms with Crippen LogP contribution in [0.3, 0.4) is 0 Å². The molecular weight excluding hydrogens is 775 g/mol. The molecule has 0 aliphatic heterocycles. The zero-order valence-electron chi connectivity index (χ0n) is 34.3. The summed E-state index contributed by atoms with van der Waals surface area (Å²) in [5.41, 5.74) is 3.22. The van der Waals surface area contributed by atoms with E-state index in [2.05, 4.69) is 235 Å². The van der Waals surface area contributed by atoms with Gasteiger partial charge in [-0.2, -0.15) is 0 Å². The summed E-state index contributed by atoms with van der Waals surface area (Å²) in [5, 5.41) is 13.1. The second kappa shape index (κ2) is 16.1. The Morgan fingerprint density at radius 1 is 0.295 bits per heavy atom. The van der Waals surface area contributed by atoms with E-state index >= 15 is 0 Å². The van der Waals surface area contributed by atoms with Gasteiger partial charge in [0, 0.05) is 29.0 Å². The van der Waals surface area contributed by atoms with Crippen LogP contribution in [0.15, 0.2) is 237 Å². The highest BCUT2D eigenvalue weighted by Gasteiger charge is 2.43. The van der Waals surface area contributed by atoms with Crippen molar-refractivity contribution < 1.29 is 9.47 Å². The summed E-state index contributed by atoms with van der Waals surface area (Å²) in [6, 6.07) is 87.7. The summed E-state index contributed by atoms with van der Waals surface area (Å²) in [6.07, 6.45) is 0. The van der Waals surface area contributed by atoms with Crippen molar-refractivity contribution in [3.05, 3.63) is 237 Å². The minimum atomic E-state index is -2.85. The Morgan fingerprint density at radius 2 is 0.574 bits per heavy atom. The van der Waals surface area contributed by atoms with E-state index in [1.807, 2.05) is 6.07 Å². The zero-order valence-corrected chi connectivity index (χ0v) is 36.3. The molecule has 0 amide bonds. The van der Waals surface area contributed by atoms with Crippen LogP contribution in [-0.4, -0.2) is 34.9 Å². The molecule has 3 nitrogen and oxygen atoms in total. The molecule has 10 aromatic rings. The average Bonchev–Trinajstić information content (AvgIpc) is 3.67. The number of rotatable bonds is 11. The third-order valence-corrected chi connectivity index (χ3v) is 22.0. The number of benzene rings is 9. The molecule has 0 aliphatic rings. The molecule has 0 N–H and O–H groups in total. The number of aromatic nitrogens is 1. The van der Waals surface area contributed by atoms with Crippen LogP contribution in [0.1, 0.15) is 0 Å². The molecule has 0 radical (unpaired) electrons. The van der Waals surface area contributed by atoms with Gasteiger partial charge >= 0.3 is 0 Å². The first-order valence-electron chi connectivity index (χ1n) is 20.8. The summed E-state index contributed by atoms with van der Waals surface area (Å²) < 4.78 is 14.1. The molecule has 0 unspecified atom stereocenters. The number of fused-ring (bicyclic) bond motifs is 3. The molecule has 9 aromatic carbocycles. The fraction of sp³-hybridized carbons (Fsp3) is 0.0357. The Balaban J connectivity index is 1.35. The van der Waals surface area contributed by atoms with Gasteiger partial charge < -0.3 is 14.0 Å². The van der Waals surface area contributed by atoms with Crippen LogP contribution in [0.25, 0.3) is 27.5 Å². The van der Waals surface area contributed by atoms with Gasteiger partial charge in [-0.1, -0.05) is 206 Å². The lowest BCUT2D eigenvalue weighted by Crippen LogP contribution is -2.74. The van der Waals surface area contributed by atoms with E-state index in [1.54, 1.807) is 14.2 Å². The van der Waals surface area contributed by atoms with Crippen LogP contribution in [-0.2, 0) is 0 Å². The summed E-state index contributed by atoms with van der Waals surface area (Å²) in [4.78, 5) is 0. The van der Waals surface area contributed by atoms with Crippen molar-refractivity contribution in [1.29, 1.82) is 0 Å². The van der Waals surface area contributed by atoms with Crippen molar-refractivity contribution in [2.45, 2.75) is 0 Å². The van der Waals surface area contributed by atoms with E-state index in [1.165, 1.54) is 52.3 Å². The first-order valence-corrected chi connectivity index (χ1v) is 24.8. The molecule has 0 atom stereocenters. The number of methoxy groups -OCH3 is 2. The Labute approximate surface area is 359 Å². The highest BCUT2D eigenvalue weighted by molar-refractivity contribution is 7.20. The third kappa shape index (κ3) is 6.33. The van der Waals surface area contributed by atoms with Crippen LogP contribution >= 0.6 is 0 Å². The minimum absolute atomic E-state index is 0.741. The Morgan fingerprint density at radius 3 is 0.836 bits per heavy atom. The van der Waals surface area contributed by atoms with Crippen LogP contribution < -0.4 is 51.0 Å². The van der Waals surface area contributed by atoms with Gasteiger partial charge in [0.2, 0.25) is 0 Å². The SMILES string of the molecule is COc1cc(OC)cc(-n2c3ccc([Si](c4ccccc4)(c4ccccc4)c4ccccc4)cc3c3cc([Si](c4ccccc4)(c4ccccc4)c4ccccc4)ccc32)c1. The standard InChI is InChI=1S/C56H45NO2Si2/c1-58-43-37-42(38-44(39-43)59-2)57-55-35-33-51(60(45-21-9-3-10-22-45,46-23-11-4-12-24-46)47-25-13-5-14-26-47)40-53(55)54-41-52(34-36-56(54)57)61(48-27-15-6-16-28-48,49-29-17-7-18-30-49)50-31-19-8-20-32-50/h3-41H,1-2H3. The quantitative estimate of drug-likeness (QED) is 0.0995. The number of ether oxygens (including phenoxy) is 2. The van der Waals surface area contributed by atoms with Crippen molar-refractivity contribution >= 4 is 79.4 Å². The normalized spacial score (nSPS) is 11.8. The van der Waals surface area contributed by atoms with Gasteiger partial charge in [-0.3, -0.25) is 0 Å². The molecule has 0 aliphatic carbocycles. The number of hydrogen-bond acceptors (Lipinski definition) is 2. The smallest absolute Gasteiger partial charge is 0.179 e. The number of hydrogen-bond donors (Lipinski definition) is 0. The summed E-state index contributed by atoms with van der Waals surface area (Å²) in [6.45, 7) is 0. The molecule has 0 saturated carbocycles. The highest BCUT2D eigenvalue weighted by atomic mass is 28.3. The monoisotopic (exact) mass is 819 g/mol. The summed E-state index contributed by atoms with van der Waals surface area (Å²) >= 11 is 0. The van der Waals surface area contributed by atoms with Gasteiger partial charge in [0.1, 0.15) is 11.5 Å². The van der Waals surface area contributed by atoms with Crippen molar-refractivity contribution in [2.75, 3.05) is 14.2 Å². The molecule has 0 spiro atoms. The predicted octanol–water partition coefficient (Wildman–Crippen LogP) is 7.56. The molecular formula is C56H45NO2Si2. The van der Waals surface area contributed by atoms with Gasteiger partial charge in [-0.25, -0.2) is 0 Å². The second-order valence-electron chi connectivity index (χ2n) is 15.6. The Kier molecular flexibility index (Phi) is 10.0. The highest BCUT2D eigenvalue weighted by Crippen LogP contribution is 2.35. The summed E-state index contributed by atoms with van der Waals surface area (Å²) in [5.74, 6) is 1.48. The van der Waals surface area contributed by atoms with E-state index < -0.39 is 16.1 Å². The topological polar surface area (TPSA) is 23.4 Å². The van der Waals surface area contributed by atoms with Crippen molar-refractivity contribution in [3.63, 3.8) is 0 Å². The molecule has 294 valence electrons. The number of nitrogens with zero attached hydrogens (tertiary/aromatic N) is 1. The predicted molar refractivity (Wildman–Crippen MR) is 261 cm³/mol. The zero-order chi connectivity index (χ0) is 41.2. The van der Waals surface area contributed by atoms with Gasteiger partial charge in [0.15, 0.2) is 16.1 Å². The van der Waals surface area contributed by atoms with Crippen molar-refractivity contribution in [2.24, 2.45) is 0 Å².